The van der Waals surface area contributed by atoms with Gasteiger partial charge in [-0.15, -0.1) is 0 Å². The number of halogens is 3. The highest BCUT2D eigenvalue weighted by atomic mass is 32.1. The molecule has 10 unspecified atom stereocenters. The summed E-state index contributed by atoms with van der Waals surface area (Å²) in [6.07, 6.45) is 3.79. The summed E-state index contributed by atoms with van der Waals surface area (Å²) in [5.74, 6) is -1.80. The Hall–Kier alpha value is -7.95. The number of benzene rings is 1. The molecule has 5 N–H and O–H groups in total. The lowest BCUT2D eigenvalue weighted by Gasteiger charge is -2.21. The molecule has 852 valence electrons. The van der Waals surface area contributed by atoms with Gasteiger partial charge in [-0.2, -0.15) is 21.6 Å². The van der Waals surface area contributed by atoms with E-state index in [1.165, 1.54) is 0 Å². The van der Waals surface area contributed by atoms with Crippen LogP contribution in [0.2, 0.25) is 0 Å². The zero-order chi connectivity index (χ0) is 116. The molecule has 1 aromatic carbocycles. The molecule has 0 aromatic heterocycles. The van der Waals surface area contributed by atoms with Gasteiger partial charge in [-0.3, -0.25) is 86.3 Å². The van der Waals surface area contributed by atoms with Crippen LogP contribution in [-0.2, 0) is 117 Å². The molecule has 2 saturated carbocycles. The van der Waals surface area contributed by atoms with E-state index in [2.05, 4.69) is 20.8 Å². The molecule has 0 amide bonds. The highest BCUT2D eigenvalue weighted by molar-refractivity contribution is 7.51. The number of aliphatic hydroxyl groups is 5. The number of ketones is 15. The van der Waals surface area contributed by atoms with E-state index < -0.39 is 87.2 Å². The predicted molar refractivity (Wildman–Crippen MR) is 565 cm³/mol. The van der Waals surface area contributed by atoms with E-state index >= 15 is 0 Å². The van der Waals surface area contributed by atoms with Crippen LogP contribution in [0.5, 0.6) is 0 Å². The first kappa shape index (κ1) is 152. The Morgan fingerprint density at radius 2 is 0.653 bits per heavy atom. The average molecular weight is 2120 g/mol. The number of rotatable bonds is 56. The Bertz CT molecular complexity index is 3920. The summed E-state index contributed by atoms with van der Waals surface area (Å²) in [4.78, 5) is 207. The summed E-state index contributed by atoms with van der Waals surface area (Å²) in [5, 5.41) is 43.2. The highest BCUT2D eigenvalue weighted by Gasteiger charge is 2.41. The molecule has 1 saturated heterocycles. The van der Waals surface area contributed by atoms with Crippen LogP contribution in [0.1, 0.15) is 376 Å². The third-order valence-electron chi connectivity index (χ3n) is 24.3. The monoisotopic (exact) mass is 2120 g/mol. The van der Waals surface area contributed by atoms with Gasteiger partial charge in [-0.05, 0) is 133 Å². The quantitative estimate of drug-likeness (QED) is 0.0299. The Balaban J connectivity index is -0.000000296. The van der Waals surface area contributed by atoms with Crippen molar-refractivity contribution in [3.63, 3.8) is 0 Å². The van der Waals surface area contributed by atoms with Crippen molar-refractivity contribution in [2.24, 2.45) is 142 Å². The van der Waals surface area contributed by atoms with Gasteiger partial charge in [-0.25, -0.2) is 0 Å². The lowest BCUT2D eigenvalue weighted by Crippen LogP contribution is -2.28. The lowest BCUT2D eigenvalue weighted by atomic mass is 9.83. The molecule has 2 aliphatic carbocycles. The fourth-order valence-corrected chi connectivity index (χ4v) is 15.5. The van der Waals surface area contributed by atoms with Crippen LogP contribution < -0.4 is 0 Å². The van der Waals surface area contributed by atoms with Gasteiger partial charge in [0.1, 0.15) is 91.2 Å². The molecule has 3 aliphatic rings. The fraction of sp³-hybridized carbons (Fsp3) is 0.789. The van der Waals surface area contributed by atoms with Crippen LogP contribution in [-0.4, -0.2) is 209 Å². The van der Waals surface area contributed by atoms with Crippen LogP contribution in [0.3, 0.4) is 0 Å². The minimum Gasteiger partial charge on any atom is -0.466 e. The van der Waals surface area contributed by atoms with Gasteiger partial charge in [-0.1, -0.05) is 244 Å². The zero-order valence-electron chi connectivity index (χ0n) is 96.0. The van der Waals surface area contributed by atoms with Crippen LogP contribution >= 0.6 is 0 Å². The second-order valence-corrected chi connectivity index (χ2v) is 43.3. The summed E-state index contributed by atoms with van der Waals surface area (Å²) in [7, 11) is 0. The molecule has 10 atom stereocenters. The van der Waals surface area contributed by atoms with Crippen molar-refractivity contribution < 1.29 is 152 Å². The van der Waals surface area contributed by atoms with E-state index in [-0.39, 0.29) is 275 Å². The van der Waals surface area contributed by atoms with Crippen molar-refractivity contribution in [3.8, 4) is 0 Å². The molecule has 3 fully saturated rings. The van der Waals surface area contributed by atoms with E-state index in [0.29, 0.717) is 30.1 Å². The summed E-state index contributed by atoms with van der Waals surface area (Å²) >= 11 is -0.750. The number of alkyl halides is 3. The van der Waals surface area contributed by atoms with Crippen molar-refractivity contribution in [3.05, 3.63) is 35.9 Å². The van der Waals surface area contributed by atoms with Crippen LogP contribution in [0.4, 0.5) is 13.2 Å². The predicted octanol–water partition coefficient (Wildman–Crippen LogP) is 19.7. The molecule has 4 rings (SSSR count). The van der Waals surface area contributed by atoms with E-state index in [4.69, 9.17) is 52.9 Å². The van der Waals surface area contributed by atoms with E-state index in [0.717, 1.165) is 70.0 Å². The summed E-state index contributed by atoms with van der Waals surface area (Å²) in [6, 6.07) is 9.25. The molecule has 0 radical (unpaired) electrons. The Labute approximate surface area is 882 Å². The zero-order valence-corrected chi connectivity index (χ0v) is 96.8. The summed E-state index contributed by atoms with van der Waals surface area (Å²) in [6.45, 7) is 64.5. The topological polar surface area (TPSA) is 479 Å². The van der Waals surface area contributed by atoms with Gasteiger partial charge in [0.15, 0.2) is 34.7 Å². The molecule has 29 nitrogen and oxygen atoms in total. The van der Waals surface area contributed by atoms with Gasteiger partial charge < -0.3 is 44.5 Å². The van der Waals surface area contributed by atoms with Gasteiger partial charge in [0.2, 0.25) is 0 Å². The standard InChI is InChI=1S/C14H18O3.C13H22O3.C13H24O3.C12H22O3.C11H17F3O3.C11H18O3.2C11H20O3.C10H20O.C8H14O2.O2S/c1-10(2)14(17)13(8-12(16)9-15)11-6-4-3-5-7-11;1-8(2)13(15)11(10-5-6-10)7-12(14)16-9(3)4;1-8(2)11(13(15)9(3)4)7-12(14)16-10(5)6;1-6-15-11(13)7-10(8(2)3)12(14)9(4)5;1-7(2)10(17)8(5-9(16)6-15)3-4-11(12,13)14;1-7(2)11(14)10(8-3-4-8)5-9(13)6-12;1-7(2)10(5-9(13)6-12)11(14)8(3)4;1-4-5-9(6-10(13)7-12)11(14)8(2)3;1-6-9(7(2)3)10(11)8(4)5;1-6(2)8(9)7-4-3-5-10-7;1-3-2/h3-7,10,13,15H,8-9H2,1-2H3;8-11H,5-7H2,1-4H3;8-11H,7H2,1-6H3;8-10H,6-7H2,1-5H3;7-8,15H,3-6H2,1-2H3;7-8,10,12H,3-6H2,1-2H3;7-8,10,12H,5-6H2,1-4H3;8-9,12H,4-7H2,1-3H3;7-9H,6H2,1-5H3;6-7H,3-5H2,1-2H3;. The maximum absolute atomic E-state index is 12.1. The molecule has 1 aliphatic heterocycles. The van der Waals surface area contributed by atoms with Gasteiger partial charge in [0, 0.05) is 158 Å². The lowest BCUT2D eigenvalue weighted by molar-refractivity contribution is -0.151. The van der Waals surface area contributed by atoms with Gasteiger partial charge >= 0.3 is 35.7 Å². The molecule has 0 bridgehead atoms. The minimum absolute atomic E-state index is 0.00732. The van der Waals surface area contributed by atoms with Crippen LogP contribution in [0, 0.1) is 142 Å². The SMILES string of the molecule is CC(C)C(=O)C(CC(=O)CO)C(C)C.CC(C)C(=O)C(CC(=O)CO)C1CC1.CC(C)C(=O)C(CC(=O)CO)c1ccccc1.CC(C)C(=O)C(CCC(F)(F)F)CC(=O)CO.CC(C)C(=O)C1CCCO1.CC(C)OC(=O)CC(C(=O)C(C)C)C(C)C.CC(C)OC(=O)CC(C(=O)C(C)C)C1CC1.CCC(C(=O)C(C)C)C(C)C.CCCC(CC(=O)CO)C(=O)C(C)C.CCOC(=O)CC(C(=O)C(C)C)C(C)C.O=S=O. The molecular formula is C114H195F3O29S. The van der Waals surface area contributed by atoms with E-state index in [9.17, 15) is 99.5 Å². The number of esters is 3. The smallest absolute Gasteiger partial charge is 0.389 e. The van der Waals surface area contributed by atoms with Crippen molar-refractivity contribution >= 4 is 116 Å². The number of hydrogen-bond donors (Lipinski definition) is 5. The Morgan fingerprint density at radius 3 is 0.925 bits per heavy atom. The van der Waals surface area contributed by atoms with Gasteiger partial charge in [0.05, 0.1) is 38.1 Å². The number of carbonyl (C=O) groups is 18. The van der Waals surface area contributed by atoms with E-state index in [1.807, 2.05) is 231 Å². The molecule has 0 spiro atoms. The fourth-order valence-electron chi connectivity index (χ4n) is 15.5. The van der Waals surface area contributed by atoms with Crippen molar-refractivity contribution in [2.75, 3.05) is 46.2 Å². The second kappa shape index (κ2) is 84.6. The Morgan fingerprint density at radius 1 is 0.354 bits per heavy atom. The van der Waals surface area contributed by atoms with Crippen molar-refractivity contribution in [1.29, 1.82) is 0 Å². The minimum atomic E-state index is -4.34. The number of carbonyl (C=O) groups excluding carboxylic acids is 18. The molecule has 33 heteroatoms. The third kappa shape index (κ3) is 74.6. The van der Waals surface area contributed by atoms with Crippen LogP contribution in [0.15, 0.2) is 30.3 Å². The third-order valence-corrected chi connectivity index (χ3v) is 24.3. The van der Waals surface area contributed by atoms with Crippen LogP contribution in [0.25, 0.3) is 0 Å². The first-order valence-corrected chi connectivity index (χ1v) is 53.8. The summed E-state index contributed by atoms with van der Waals surface area (Å²) in [5.41, 5.74) is 0.841. The first-order valence-electron chi connectivity index (χ1n) is 53.1. The summed E-state index contributed by atoms with van der Waals surface area (Å²) < 4.78 is 73.0. The molecule has 147 heavy (non-hydrogen) atoms. The second-order valence-electron chi connectivity index (χ2n) is 43.1. The number of aliphatic hydroxyl groups excluding tert-OH is 5. The normalized spacial score (nSPS) is 14.9. The number of hydrogen-bond acceptors (Lipinski definition) is 29. The molecule has 1 aromatic rings. The maximum atomic E-state index is 12.1. The maximum Gasteiger partial charge on any atom is 0.389 e. The van der Waals surface area contributed by atoms with Crippen molar-refractivity contribution in [1.82, 2.24) is 0 Å². The van der Waals surface area contributed by atoms with E-state index in [1.54, 1.807) is 20.8 Å². The average Bonchev–Trinajstić information content (AvgIpc) is 1.72. The molecular weight excluding hydrogens is 1920 g/mol. The first-order chi connectivity index (χ1) is 67.9. The number of ether oxygens (including phenoxy) is 4. The van der Waals surface area contributed by atoms with Crippen molar-refractivity contribution in [2.45, 2.75) is 395 Å². The number of Topliss-reactive ketones (excluding diaryl/α,β-unsaturated/α-hetero) is 15. The van der Waals surface area contributed by atoms with Gasteiger partial charge in [0.25, 0.3) is 0 Å². The Kier molecular flexibility index (Phi) is 87.5. The highest BCUT2D eigenvalue weighted by Crippen LogP contribution is 2.42. The molecule has 1 heterocycles. The largest absolute Gasteiger partial charge is 0.466 e.